The average molecular weight is 489 g/mol. The summed E-state index contributed by atoms with van der Waals surface area (Å²) in [6.45, 7) is 0. The van der Waals surface area contributed by atoms with E-state index in [1.54, 1.807) is 0 Å². The Morgan fingerprint density at radius 2 is 1.19 bits per heavy atom. The molecule has 0 amide bonds. The van der Waals surface area contributed by atoms with E-state index in [-0.39, 0.29) is 0 Å². The zero-order valence-electron chi connectivity index (χ0n) is 19.8. The summed E-state index contributed by atoms with van der Waals surface area (Å²) in [5, 5.41) is 5.91. The van der Waals surface area contributed by atoms with Crippen molar-refractivity contribution in [1.29, 1.82) is 0 Å². The number of para-hydroxylation sites is 1. The number of aromatic nitrogens is 2. The van der Waals surface area contributed by atoms with Gasteiger partial charge in [-0.1, -0.05) is 78.9 Å². The molecular formula is C34H20N2S. The van der Waals surface area contributed by atoms with Crippen LogP contribution in [-0.4, -0.2) is 9.97 Å². The lowest BCUT2D eigenvalue weighted by atomic mass is 9.98. The van der Waals surface area contributed by atoms with Crippen molar-refractivity contribution in [3.63, 3.8) is 0 Å². The summed E-state index contributed by atoms with van der Waals surface area (Å²) in [4.78, 5) is 10.4. The number of fused-ring (bicyclic) bond motifs is 7. The van der Waals surface area contributed by atoms with E-state index in [0.29, 0.717) is 0 Å². The summed E-state index contributed by atoms with van der Waals surface area (Å²) >= 11 is 1.85. The second-order valence-electron chi connectivity index (χ2n) is 9.44. The Bertz CT molecular complexity index is 2140. The van der Waals surface area contributed by atoms with Gasteiger partial charge in [0, 0.05) is 41.9 Å². The van der Waals surface area contributed by atoms with Crippen LogP contribution >= 0.6 is 11.3 Å². The Hall–Kier alpha value is -4.60. The number of rotatable bonds is 2. The predicted molar refractivity (Wildman–Crippen MR) is 158 cm³/mol. The van der Waals surface area contributed by atoms with Gasteiger partial charge in [-0.3, -0.25) is 0 Å². The zero-order chi connectivity index (χ0) is 24.3. The van der Waals surface area contributed by atoms with Gasteiger partial charge in [-0.25, -0.2) is 9.97 Å². The minimum atomic E-state index is 0.960. The predicted octanol–water partition coefficient (Wildman–Crippen LogP) is 9.64. The van der Waals surface area contributed by atoms with Crippen molar-refractivity contribution in [1.82, 2.24) is 9.97 Å². The second-order valence-corrected chi connectivity index (χ2v) is 10.5. The molecule has 5 aromatic carbocycles. The summed E-state index contributed by atoms with van der Waals surface area (Å²) in [7, 11) is 0. The molecule has 0 saturated carbocycles. The lowest BCUT2D eigenvalue weighted by molar-refractivity contribution is 1.41. The summed E-state index contributed by atoms with van der Waals surface area (Å²) in [5.74, 6) is 0. The summed E-state index contributed by atoms with van der Waals surface area (Å²) in [6, 6.07) is 43.0. The van der Waals surface area contributed by atoms with Crippen molar-refractivity contribution in [2.75, 3.05) is 0 Å². The van der Waals surface area contributed by atoms with Crippen molar-refractivity contribution >= 4 is 64.2 Å². The maximum Gasteiger partial charge on any atom is 0.0825 e. The highest BCUT2D eigenvalue weighted by Gasteiger charge is 2.14. The summed E-state index contributed by atoms with van der Waals surface area (Å²) < 4.78 is 2.64. The van der Waals surface area contributed by atoms with Gasteiger partial charge in [0.2, 0.25) is 0 Å². The third-order valence-electron chi connectivity index (χ3n) is 7.22. The highest BCUT2D eigenvalue weighted by atomic mass is 32.1. The fourth-order valence-corrected chi connectivity index (χ4v) is 6.49. The van der Waals surface area contributed by atoms with Crippen LogP contribution in [0.4, 0.5) is 0 Å². The Morgan fingerprint density at radius 3 is 2.14 bits per heavy atom. The quantitative estimate of drug-likeness (QED) is 0.179. The summed E-state index contributed by atoms with van der Waals surface area (Å²) in [5.41, 5.74) is 7.39. The molecule has 8 aromatic rings. The monoisotopic (exact) mass is 488 g/mol. The number of benzene rings is 5. The molecule has 0 aliphatic carbocycles. The van der Waals surface area contributed by atoms with E-state index in [2.05, 4.69) is 109 Å². The van der Waals surface area contributed by atoms with E-state index in [1.807, 2.05) is 23.5 Å². The van der Waals surface area contributed by atoms with Crippen LogP contribution in [0, 0.1) is 0 Å². The lowest BCUT2D eigenvalue weighted by Crippen LogP contribution is -1.93. The zero-order valence-corrected chi connectivity index (χ0v) is 20.7. The molecule has 0 unspecified atom stereocenters. The molecule has 0 spiro atoms. The molecule has 0 aliphatic rings. The number of hydrogen-bond acceptors (Lipinski definition) is 3. The largest absolute Gasteiger partial charge is 0.247 e. The molecule has 172 valence electrons. The van der Waals surface area contributed by atoms with Crippen molar-refractivity contribution in [3.05, 3.63) is 121 Å². The van der Waals surface area contributed by atoms with Crippen LogP contribution < -0.4 is 0 Å². The van der Waals surface area contributed by atoms with E-state index < -0.39 is 0 Å². The molecule has 8 rings (SSSR count). The van der Waals surface area contributed by atoms with Crippen LogP contribution in [0.3, 0.4) is 0 Å². The van der Waals surface area contributed by atoms with E-state index in [0.717, 1.165) is 49.5 Å². The molecule has 0 fully saturated rings. The van der Waals surface area contributed by atoms with Crippen LogP contribution in [0.1, 0.15) is 0 Å². The molecule has 3 heteroatoms. The van der Waals surface area contributed by atoms with Gasteiger partial charge in [-0.2, -0.15) is 0 Å². The van der Waals surface area contributed by atoms with Crippen LogP contribution in [0.25, 0.3) is 75.3 Å². The van der Waals surface area contributed by atoms with Gasteiger partial charge in [0.25, 0.3) is 0 Å². The standard InChI is InChI=1S/C34H20N2S/c1-2-8-21(9-3-1)33-28-19-24-10-4-6-12-29(24)35-34(28)26-16-14-23(20-30(26)36-33)22-15-17-32-27(18-22)25-11-5-7-13-31(25)37-32/h1-20H. The molecule has 0 atom stereocenters. The number of pyridine rings is 2. The van der Waals surface area contributed by atoms with Crippen LogP contribution in [-0.2, 0) is 0 Å². The maximum absolute atomic E-state index is 5.23. The van der Waals surface area contributed by atoms with E-state index in [1.165, 1.54) is 25.7 Å². The van der Waals surface area contributed by atoms with Crippen molar-refractivity contribution in [2.45, 2.75) is 0 Å². The van der Waals surface area contributed by atoms with Crippen molar-refractivity contribution in [3.8, 4) is 22.4 Å². The summed E-state index contributed by atoms with van der Waals surface area (Å²) in [6.07, 6.45) is 0. The van der Waals surface area contributed by atoms with Gasteiger partial charge in [0.1, 0.15) is 0 Å². The Kier molecular flexibility index (Phi) is 4.42. The SMILES string of the molecule is c1ccc(-c2nc3cc(-c4ccc5sc6ccccc6c5c4)ccc3c3nc4ccccc4cc23)cc1. The van der Waals surface area contributed by atoms with Crippen molar-refractivity contribution < 1.29 is 0 Å². The van der Waals surface area contributed by atoms with Gasteiger partial charge in [-0.05, 0) is 53.6 Å². The normalized spacial score (nSPS) is 11.8. The molecule has 0 saturated heterocycles. The van der Waals surface area contributed by atoms with Crippen LogP contribution in [0.2, 0.25) is 0 Å². The first-order chi connectivity index (χ1) is 18.3. The third kappa shape index (κ3) is 3.25. The second kappa shape index (κ2) is 7.95. The highest BCUT2D eigenvalue weighted by molar-refractivity contribution is 7.25. The first-order valence-corrected chi connectivity index (χ1v) is 13.2. The molecular weight excluding hydrogens is 468 g/mol. The minimum Gasteiger partial charge on any atom is -0.247 e. The third-order valence-corrected chi connectivity index (χ3v) is 8.37. The van der Waals surface area contributed by atoms with Gasteiger partial charge in [0.05, 0.1) is 22.2 Å². The number of nitrogens with zero attached hydrogens (tertiary/aromatic N) is 2. The average Bonchev–Trinajstić information content (AvgIpc) is 3.34. The number of hydrogen-bond donors (Lipinski definition) is 0. The molecule has 2 nitrogen and oxygen atoms in total. The van der Waals surface area contributed by atoms with Crippen LogP contribution in [0.5, 0.6) is 0 Å². The van der Waals surface area contributed by atoms with Crippen LogP contribution in [0.15, 0.2) is 121 Å². The van der Waals surface area contributed by atoms with Crippen molar-refractivity contribution in [2.24, 2.45) is 0 Å². The van der Waals surface area contributed by atoms with E-state index >= 15 is 0 Å². The van der Waals surface area contributed by atoms with Gasteiger partial charge < -0.3 is 0 Å². The molecule has 0 bridgehead atoms. The van der Waals surface area contributed by atoms with Gasteiger partial charge in [-0.15, -0.1) is 11.3 Å². The Morgan fingerprint density at radius 1 is 0.432 bits per heavy atom. The fourth-order valence-electron chi connectivity index (χ4n) is 5.41. The Labute approximate surface area is 217 Å². The van der Waals surface area contributed by atoms with Gasteiger partial charge >= 0.3 is 0 Å². The van der Waals surface area contributed by atoms with E-state index in [4.69, 9.17) is 9.97 Å². The topological polar surface area (TPSA) is 25.8 Å². The number of thiophene rings is 1. The minimum absolute atomic E-state index is 0.960. The lowest BCUT2D eigenvalue weighted by Gasteiger charge is -2.12. The molecule has 0 aliphatic heterocycles. The molecule has 3 aromatic heterocycles. The van der Waals surface area contributed by atoms with E-state index in [9.17, 15) is 0 Å². The first kappa shape index (κ1) is 20.6. The molecule has 0 N–H and O–H groups in total. The maximum atomic E-state index is 5.23. The molecule has 37 heavy (non-hydrogen) atoms. The van der Waals surface area contributed by atoms with Gasteiger partial charge in [0.15, 0.2) is 0 Å². The Balaban J connectivity index is 1.40. The smallest absolute Gasteiger partial charge is 0.0825 e. The molecule has 0 radical (unpaired) electrons. The highest BCUT2D eigenvalue weighted by Crippen LogP contribution is 2.38. The molecule has 3 heterocycles. The fraction of sp³-hybridized carbons (Fsp3) is 0. The first-order valence-electron chi connectivity index (χ1n) is 12.4.